The van der Waals surface area contributed by atoms with Gasteiger partial charge in [-0.05, 0) is 57.9 Å². The van der Waals surface area contributed by atoms with Crippen molar-refractivity contribution in [1.82, 2.24) is 5.43 Å². The number of rotatable bonds is 9. The third-order valence-electron chi connectivity index (χ3n) is 4.09. The van der Waals surface area contributed by atoms with E-state index < -0.39 is 27.1 Å². The number of hydrogen-bond donors (Lipinski definition) is 1. The summed E-state index contributed by atoms with van der Waals surface area (Å²) in [7, 11) is 0. The lowest BCUT2D eigenvalue weighted by Crippen LogP contribution is -2.24. The van der Waals surface area contributed by atoms with Crippen LogP contribution in [0.1, 0.15) is 5.56 Å². The number of amides is 1. The van der Waals surface area contributed by atoms with Crippen LogP contribution in [0, 0.1) is 20.2 Å². The topological polar surface area (TPSA) is 146 Å². The first-order valence-electron chi connectivity index (χ1n) is 9.33. The average molecular weight is 550 g/mol. The van der Waals surface area contributed by atoms with Gasteiger partial charge in [-0.25, -0.2) is 5.43 Å². The van der Waals surface area contributed by atoms with E-state index in [1.165, 1.54) is 12.3 Å². The molecule has 0 atom stereocenters. The molecule has 13 heteroatoms. The van der Waals surface area contributed by atoms with Gasteiger partial charge in [-0.1, -0.05) is 23.7 Å². The van der Waals surface area contributed by atoms with Crippen molar-refractivity contribution in [2.75, 3.05) is 6.61 Å². The zero-order chi connectivity index (χ0) is 24.7. The second-order valence-corrected chi connectivity index (χ2v) is 7.79. The molecule has 174 valence electrons. The van der Waals surface area contributed by atoms with Gasteiger partial charge in [0.15, 0.2) is 6.61 Å². The first-order valence-corrected chi connectivity index (χ1v) is 10.5. The summed E-state index contributed by atoms with van der Waals surface area (Å²) in [6, 6.07) is 14.3. The number of carbonyl (C=O) groups excluding carboxylic acids is 1. The van der Waals surface area contributed by atoms with Crippen LogP contribution in [0.5, 0.6) is 17.2 Å². The number of nitrogens with one attached hydrogen (secondary N) is 1. The summed E-state index contributed by atoms with van der Waals surface area (Å²) < 4.78 is 11.5. The number of ether oxygens (including phenoxy) is 2. The zero-order valence-corrected chi connectivity index (χ0v) is 19.4. The van der Waals surface area contributed by atoms with E-state index in [4.69, 9.17) is 21.1 Å². The SMILES string of the molecule is O=C(COc1ccc(Cl)cc1Br)NN=Cc1cccc(Oc2ccc([N+](=O)[O-])cc2[N+](=O)[O-])c1. The number of non-ortho nitro benzene ring substituents is 1. The molecule has 0 aliphatic heterocycles. The molecule has 0 unspecified atom stereocenters. The summed E-state index contributed by atoms with van der Waals surface area (Å²) in [4.78, 5) is 32.6. The van der Waals surface area contributed by atoms with Crippen LogP contribution in [0.4, 0.5) is 11.4 Å². The number of nitro benzene ring substituents is 2. The van der Waals surface area contributed by atoms with Crippen molar-refractivity contribution in [3.05, 3.63) is 96.0 Å². The molecular formula is C21H14BrClN4O7. The predicted molar refractivity (Wildman–Crippen MR) is 127 cm³/mol. The highest BCUT2D eigenvalue weighted by atomic mass is 79.9. The van der Waals surface area contributed by atoms with Crippen LogP contribution in [0.3, 0.4) is 0 Å². The van der Waals surface area contributed by atoms with Gasteiger partial charge in [0.25, 0.3) is 11.6 Å². The van der Waals surface area contributed by atoms with E-state index in [0.29, 0.717) is 20.8 Å². The summed E-state index contributed by atoms with van der Waals surface area (Å²) in [6.45, 7) is -0.287. The highest BCUT2D eigenvalue weighted by Gasteiger charge is 2.21. The van der Waals surface area contributed by atoms with Gasteiger partial charge in [0, 0.05) is 11.1 Å². The molecule has 3 aromatic carbocycles. The molecule has 11 nitrogen and oxygen atoms in total. The fraction of sp³-hybridized carbons (Fsp3) is 0.0476. The van der Waals surface area contributed by atoms with Gasteiger partial charge < -0.3 is 9.47 Å². The number of halogens is 2. The van der Waals surface area contributed by atoms with E-state index in [1.807, 2.05) is 0 Å². The van der Waals surface area contributed by atoms with Crippen molar-refractivity contribution in [2.45, 2.75) is 0 Å². The Bertz CT molecular complexity index is 1290. The van der Waals surface area contributed by atoms with Gasteiger partial charge in [-0.2, -0.15) is 5.10 Å². The first-order chi connectivity index (χ1) is 16.2. The number of nitrogens with zero attached hydrogens (tertiary/aromatic N) is 3. The Hall–Kier alpha value is -4.03. The van der Waals surface area contributed by atoms with Crippen molar-refractivity contribution >= 4 is 51.0 Å². The molecule has 0 aromatic heterocycles. The summed E-state index contributed by atoms with van der Waals surface area (Å²) >= 11 is 9.14. The molecule has 0 spiro atoms. The van der Waals surface area contributed by atoms with Crippen LogP contribution in [0.25, 0.3) is 0 Å². The second-order valence-electron chi connectivity index (χ2n) is 6.50. The summed E-state index contributed by atoms with van der Waals surface area (Å²) in [6.07, 6.45) is 1.34. The van der Waals surface area contributed by atoms with E-state index in [9.17, 15) is 25.0 Å². The molecule has 0 saturated carbocycles. The predicted octanol–water partition coefficient (Wildman–Crippen LogP) is 5.24. The fourth-order valence-corrected chi connectivity index (χ4v) is 3.38. The van der Waals surface area contributed by atoms with Crippen LogP contribution >= 0.6 is 27.5 Å². The van der Waals surface area contributed by atoms with Crippen LogP contribution in [-0.2, 0) is 4.79 Å². The van der Waals surface area contributed by atoms with Gasteiger partial charge in [0.05, 0.1) is 26.6 Å². The molecule has 0 fully saturated rings. The fourth-order valence-electron chi connectivity index (χ4n) is 2.58. The van der Waals surface area contributed by atoms with Crippen molar-refractivity contribution in [3.8, 4) is 17.2 Å². The number of benzene rings is 3. The van der Waals surface area contributed by atoms with E-state index in [-0.39, 0.29) is 18.1 Å². The molecule has 1 amide bonds. The minimum Gasteiger partial charge on any atom is -0.483 e. The lowest BCUT2D eigenvalue weighted by atomic mass is 10.2. The number of hydrogen-bond acceptors (Lipinski definition) is 8. The van der Waals surface area contributed by atoms with Crippen LogP contribution in [-0.4, -0.2) is 28.6 Å². The Morgan fingerprint density at radius 1 is 1.06 bits per heavy atom. The smallest absolute Gasteiger partial charge is 0.318 e. The molecule has 0 radical (unpaired) electrons. The lowest BCUT2D eigenvalue weighted by molar-refractivity contribution is -0.394. The van der Waals surface area contributed by atoms with Gasteiger partial charge >= 0.3 is 5.69 Å². The molecule has 0 aliphatic carbocycles. The minimum absolute atomic E-state index is 0.163. The average Bonchev–Trinajstić information content (AvgIpc) is 2.78. The van der Waals surface area contributed by atoms with Gasteiger partial charge in [-0.15, -0.1) is 0 Å². The van der Waals surface area contributed by atoms with E-state index in [1.54, 1.807) is 36.4 Å². The Morgan fingerprint density at radius 2 is 1.82 bits per heavy atom. The summed E-state index contributed by atoms with van der Waals surface area (Å²) in [5, 5.41) is 26.5. The molecule has 3 aromatic rings. The van der Waals surface area contributed by atoms with E-state index >= 15 is 0 Å². The molecule has 0 bridgehead atoms. The summed E-state index contributed by atoms with van der Waals surface area (Å²) in [5.41, 5.74) is 1.85. The van der Waals surface area contributed by atoms with Crippen LogP contribution in [0.15, 0.2) is 70.2 Å². The van der Waals surface area contributed by atoms with Crippen molar-refractivity contribution in [1.29, 1.82) is 0 Å². The Kier molecular flexibility index (Phi) is 8.11. The molecule has 3 rings (SSSR count). The molecule has 0 aliphatic rings. The highest BCUT2D eigenvalue weighted by molar-refractivity contribution is 9.10. The van der Waals surface area contributed by atoms with Crippen LogP contribution in [0.2, 0.25) is 5.02 Å². The number of carbonyl (C=O) groups is 1. The molecule has 1 N–H and O–H groups in total. The van der Waals surface area contributed by atoms with E-state index in [0.717, 1.165) is 18.2 Å². The Balaban J connectivity index is 1.61. The Morgan fingerprint density at radius 3 is 2.53 bits per heavy atom. The third kappa shape index (κ3) is 6.73. The quantitative estimate of drug-likeness (QED) is 0.218. The molecular weight excluding hydrogens is 536 g/mol. The molecule has 34 heavy (non-hydrogen) atoms. The third-order valence-corrected chi connectivity index (χ3v) is 4.95. The van der Waals surface area contributed by atoms with Gasteiger partial charge in [-0.3, -0.25) is 25.0 Å². The van der Waals surface area contributed by atoms with E-state index in [2.05, 4.69) is 26.5 Å². The van der Waals surface area contributed by atoms with Crippen molar-refractivity contribution in [2.24, 2.45) is 5.10 Å². The van der Waals surface area contributed by atoms with Crippen molar-refractivity contribution in [3.63, 3.8) is 0 Å². The maximum absolute atomic E-state index is 11.9. The normalized spacial score (nSPS) is 10.6. The molecule has 0 saturated heterocycles. The largest absolute Gasteiger partial charge is 0.483 e. The highest BCUT2D eigenvalue weighted by Crippen LogP contribution is 2.34. The maximum Gasteiger partial charge on any atom is 0.318 e. The second kappa shape index (κ2) is 11.2. The Labute approximate surface area is 205 Å². The standard InChI is InChI=1S/C21H14BrClN4O7/c22-17-9-14(23)4-6-19(17)33-12-21(28)25-24-11-13-2-1-3-16(8-13)34-20-7-5-15(26(29)30)10-18(20)27(31)32/h1-11H,12H2,(H,25,28). The zero-order valence-electron chi connectivity index (χ0n) is 17.0. The molecule has 0 heterocycles. The number of hydrazone groups is 1. The number of nitro groups is 2. The minimum atomic E-state index is -0.770. The summed E-state index contributed by atoms with van der Waals surface area (Å²) in [5.74, 6) is -0.00706. The lowest BCUT2D eigenvalue weighted by Gasteiger charge is -2.07. The van der Waals surface area contributed by atoms with Gasteiger partial charge in [0.2, 0.25) is 5.75 Å². The van der Waals surface area contributed by atoms with Crippen molar-refractivity contribution < 1.29 is 24.1 Å². The van der Waals surface area contributed by atoms with Crippen LogP contribution < -0.4 is 14.9 Å². The van der Waals surface area contributed by atoms with Gasteiger partial charge in [0.1, 0.15) is 11.5 Å². The first kappa shape index (κ1) is 24.6. The maximum atomic E-state index is 11.9. The monoisotopic (exact) mass is 548 g/mol.